The molecular formula is C10H9FO2. The van der Waals surface area contributed by atoms with E-state index in [1.807, 2.05) is 0 Å². The number of hydrogen-bond donors (Lipinski definition) is 0. The van der Waals surface area contributed by atoms with Crippen molar-refractivity contribution in [1.29, 1.82) is 0 Å². The van der Waals surface area contributed by atoms with Crippen LogP contribution < -0.4 is 4.74 Å². The van der Waals surface area contributed by atoms with Gasteiger partial charge in [0.15, 0.2) is 5.78 Å². The molecule has 0 unspecified atom stereocenters. The van der Waals surface area contributed by atoms with Crippen LogP contribution in [0.25, 0.3) is 0 Å². The standard InChI is InChI=1S/C10H9FO2/c1-6-7(11)2-3-9-10(6)8(12)4-5-13-9/h2-3H,4-5H2,1H3. The highest BCUT2D eigenvalue weighted by molar-refractivity contribution is 6.00. The molecule has 1 aromatic carbocycles. The summed E-state index contributed by atoms with van der Waals surface area (Å²) in [6.07, 6.45) is 0.345. The summed E-state index contributed by atoms with van der Waals surface area (Å²) in [7, 11) is 0. The fourth-order valence-electron chi connectivity index (χ4n) is 1.51. The van der Waals surface area contributed by atoms with Gasteiger partial charge in [0.2, 0.25) is 0 Å². The number of rotatable bonds is 0. The van der Waals surface area contributed by atoms with E-state index in [4.69, 9.17) is 4.74 Å². The first kappa shape index (κ1) is 8.23. The number of carbonyl (C=O) groups excluding carboxylic acids is 1. The minimum Gasteiger partial charge on any atom is -0.492 e. The summed E-state index contributed by atoms with van der Waals surface area (Å²) in [6.45, 7) is 2.00. The number of halogens is 1. The molecule has 3 heteroatoms. The Balaban J connectivity index is 2.65. The van der Waals surface area contributed by atoms with E-state index in [-0.39, 0.29) is 11.6 Å². The van der Waals surface area contributed by atoms with Crippen LogP contribution in [-0.4, -0.2) is 12.4 Å². The van der Waals surface area contributed by atoms with Crippen molar-refractivity contribution in [2.45, 2.75) is 13.3 Å². The Morgan fingerprint density at radius 2 is 2.23 bits per heavy atom. The van der Waals surface area contributed by atoms with Crippen molar-refractivity contribution in [2.75, 3.05) is 6.61 Å². The van der Waals surface area contributed by atoms with Crippen molar-refractivity contribution in [1.82, 2.24) is 0 Å². The van der Waals surface area contributed by atoms with Gasteiger partial charge in [0.05, 0.1) is 12.2 Å². The van der Waals surface area contributed by atoms with E-state index in [0.29, 0.717) is 29.9 Å². The molecule has 2 rings (SSSR count). The van der Waals surface area contributed by atoms with E-state index in [0.717, 1.165) is 0 Å². The maximum Gasteiger partial charge on any atom is 0.170 e. The molecular weight excluding hydrogens is 171 g/mol. The molecule has 0 atom stereocenters. The molecule has 13 heavy (non-hydrogen) atoms. The van der Waals surface area contributed by atoms with Crippen molar-refractivity contribution in [3.8, 4) is 5.75 Å². The van der Waals surface area contributed by atoms with Gasteiger partial charge in [-0.05, 0) is 24.6 Å². The third-order valence-corrected chi connectivity index (χ3v) is 2.23. The fourth-order valence-corrected chi connectivity index (χ4v) is 1.51. The molecule has 0 amide bonds. The van der Waals surface area contributed by atoms with Gasteiger partial charge in [-0.3, -0.25) is 4.79 Å². The van der Waals surface area contributed by atoms with Gasteiger partial charge in [0.1, 0.15) is 11.6 Å². The highest BCUT2D eigenvalue weighted by Crippen LogP contribution is 2.28. The summed E-state index contributed by atoms with van der Waals surface area (Å²) in [4.78, 5) is 11.4. The highest BCUT2D eigenvalue weighted by Gasteiger charge is 2.21. The van der Waals surface area contributed by atoms with Crippen molar-refractivity contribution >= 4 is 5.78 Å². The smallest absolute Gasteiger partial charge is 0.170 e. The second kappa shape index (κ2) is 2.83. The van der Waals surface area contributed by atoms with Crippen molar-refractivity contribution in [3.63, 3.8) is 0 Å². The molecule has 0 N–H and O–H groups in total. The van der Waals surface area contributed by atoms with Crippen molar-refractivity contribution < 1.29 is 13.9 Å². The molecule has 0 aliphatic carbocycles. The Labute approximate surface area is 75.3 Å². The summed E-state index contributed by atoms with van der Waals surface area (Å²) in [5.74, 6) is 0.131. The highest BCUT2D eigenvalue weighted by atomic mass is 19.1. The van der Waals surface area contributed by atoms with E-state index >= 15 is 0 Å². The maximum absolute atomic E-state index is 13.1. The summed E-state index contributed by atoms with van der Waals surface area (Å²) in [5, 5.41) is 0. The lowest BCUT2D eigenvalue weighted by molar-refractivity contribution is 0.0932. The van der Waals surface area contributed by atoms with Gasteiger partial charge in [0, 0.05) is 6.42 Å². The number of carbonyl (C=O) groups is 1. The van der Waals surface area contributed by atoms with E-state index in [2.05, 4.69) is 0 Å². The first-order valence-corrected chi connectivity index (χ1v) is 4.15. The first-order chi connectivity index (χ1) is 6.20. The molecule has 1 heterocycles. The van der Waals surface area contributed by atoms with Crippen molar-refractivity contribution in [3.05, 3.63) is 29.1 Å². The molecule has 1 aromatic rings. The molecule has 1 aliphatic heterocycles. The minimum absolute atomic E-state index is 0.0294. The zero-order valence-corrected chi connectivity index (χ0v) is 7.26. The van der Waals surface area contributed by atoms with E-state index in [9.17, 15) is 9.18 Å². The SMILES string of the molecule is Cc1c(F)ccc2c1C(=O)CCO2. The summed E-state index contributed by atoms with van der Waals surface area (Å²) < 4.78 is 18.3. The average molecular weight is 180 g/mol. The van der Waals surface area contributed by atoms with Crippen LogP contribution in [-0.2, 0) is 0 Å². The summed E-state index contributed by atoms with van der Waals surface area (Å²) >= 11 is 0. The molecule has 0 bridgehead atoms. The molecule has 1 aliphatic rings. The molecule has 0 saturated carbocycles. The number of ketones is 1. The maximum atomic E-state index is 13.1. The van der Waals surface area contributed by atoms with Gasteiger partial charge < -0.3 is 4.74 Å². The Bertz CT molecular complexity index is 371. The van der Waals surface area contributed by atoms with Crippen LogP contribution in [0, 0.1) is 12.7 Å². The zero-order chi connectivity index (χ0) is 9.42. The molecule has 68 valence electrons. The monoisotopic (exact) mass is 180 g/mol. The van der Waals surface area contributed by atoms with E-state index < -0.39 is 0 Å². The van der Waals surface area contributed by atoms with Crippen LogP contribution in [0.4, 0.5) is 4.39 Å². The molecule has 0 radical (unpaired) electrons. The van der Waals surface area contributed by atoms with Crippen LogP contribution >= 0.6 is 0 Å². The molecule has 0 fully saturated rings. The first-order valence-electron chi connectivity index (χ1n) is 4.15. The van der Waals surface area contributed by atoms with Gasteiger partial charge in [-0.25, -0.2) is 4.39 Å². The third kappa shape index (κ3) is 1.20. The van der Waals surface area contributed by atoms with E-state index in [1.165, 1.54) is 12.1 Å². The second-order valence-electron chi connectivity index (χ2n) is 3.07. The normalized spacial score (nSPS) is 15.1. The lowest BCUT2D eigenvalue weighted by Crippen LogP contribution is -2.17. The second-order valence-corrected chi connectivity index (χ2v) is 3.07. The minimum atomic E-state index is -0.349. The number of Topliss-reactive ketones (excluding diaryl/α,β-unsaturated/α-hetero) is 1. The van der Waals surface area contributed by atoms with Gasteiger partial charge >= 0.3 is 0 Å². The molecule has 0 aromatic heterocycles. The number of ether oxygens (including phenoxy) is 1. The quantitative estimate of drug-likeness (QED) is 0.611. The van der Waals surface area contributed by atoms with Gasteiger partial charge in [-0.1, -0.05) is 0 Å². The zero-order valence-electron chi connectivity index (χ0n) is 7.26. The van der Waals surface area contributed by atoms with Crippen LogP contribution in [0.2, 0.25) is 0 Å². The molecule has 0 spiro atoms. The lowest BCUT2D eigenvalue weighted by atomic mass is 9.99. The topological polar surface area (TPSA) is 26.3 Å². The summed E-state index contributed by atoms with van der Waals surface area (Å²) in [5.41, 5.74) is 0.799. The molecule has 2 nitrogen and oxygen atoms in total. The van der Waals surface area contributed by atoms with Crippen LogP contribution in [0.15, 0.2) is 12.1 Å². The predicted octanol–water partition coefficient (Wildman–Crippen LogP) is 2.10. The fraction of sp³-hybridized carbons (Fsp3) is 0.300. The van der Waals surface area contributed by atoms with Crippen LogP contribution in [0.1, 0.15) is 22.3 Å². The Morgan fingerprint density at radius 1 is 1.46 bits per heavy atom. The number of hydrogen-bond acceptors (Lipinski definition) is 2. The van der Waals surface area contributed by atoms with Gasteiger partial charge in [-0.2, -0.15) is 0 Å². The Kier molecular flexibility index (Phi) is 1.79. The Morgan fingerprint density at radius 3 is 3.00 bits per heavy atom. The predicted molar refractivity (Wildman–Crippen MR) is 45.6 cm³/mol. The Hall–Kier alpha value is -1.38. The van der Waals surface area contributed by atoms with E-state index in [1.54, 1.807) is 6.92 Å². The van der Waals surface area contributed by atoms with Crippen molar-refractivity contribution in [2.24, 2.45) is 0 Å². The number of fused-ring (bicyclic) bond motifs is 1. The third-order valence-electron chi connectivity index (χ3n) is 2.23. The average Bonchev–Trinajstić information content (AvgIpc) is 2.12. The molecule has 0 saturated heterocycles. The lowest BCUT2D eigenvalue weighted by Gasteiger charge is -2.17. The number of benzene rings is 1. The van der Waals surface area contributed by atoms with Gasteiger partial charge in [0.25, 0.3) is 0 Å². The largest absolute Gasteiger partial charge is 0.492 e. The van der Waals surface area contributed by atoms with Gasteiger partial charge in [-0.15, -0.1) is 0 Å². The summed E-state index contributed by atoms with van der Waals surface area (Å²) in [6, 6.07) is 2.83. The van der Waals surface area contributed by atoms with Crippen LogP contribution in [0.3, 0.4) is 0 Å². The van der Waals surface area contributed by atoms with Crippen LogP contribution in [0.5, 0.6) is 5.75 Å².